The maximum absolute atomic E-state index is 12.1. The molecule has 2 heterocycles. The van der Waals surface area contributed by atoms with E-state index in [9.17, 15) is 8.42 Å². The Hall–Kier alpha value is -3.23. The van der Waals surface area contributed by atoms with E-state index < -0.39 is 9.84 Å². The molecule has 0 atom stereocenters. The van der Waals surface area contributed by atoms with E-state index in [1.807, 2.05) is 48.5 Å². The molecule has 0 fully saturated rings. The number of para-hydroxylation sites is 1. The van der Waals surface area contributed by atoms with Gasteiger partial charge in [-0.25, -0.2) is 8.42 Å². The zero-order valence-corrected chi connectivity index (χ0v) is 23.3. The minimum Gasteiger partial charge on any atom is -0.353 e. The van der Waals surface area contributed by atoms with E-state index in [0.717, 1.165) is 46.2 Å². The van der Waals surface area contributed by atoms with E-state index in [4.69, 9.17) is 17.0 Å². The van der Waals surface area contributed by atoms with Crippen LogP contribution in [0.3, 0.4) is 0 Å². The molecule has 8 heteroatoms. The van der Waals surface area contributed by atoms with Crippen LogP contribution in [0.2, 0.25) is 5.02 Å². The second kappa shape index (κ2) is 11.3. The van der Waals surface area contributed by atoms with Gasteiger partial charge in [-0.05, 0) is 65.6 Å². The molecular formula is C30H28ClN3O2S2. The van der Waals surface area contributed by atoms with Crippen LogP contribution in [0.15, 0.2) is 95.9 Å². The van der Waals surface area contributed by atoms with Crippen molar-refractivity contribution in [2.24, 2.45) is 0 Å². The molecule has 3 aromatic carbocycles. The Morgan fingerprint density at radius 1 is 1.03 bits per heavy atom. The average Bonchev–Trinajstić information content (AvgIpc) is 3.39. The topological polar surface area (TPSA) is 73.3 Å². The summed E-state index contributed by atoms with van der Waals surface area (Å²) in [4.78, 5) is 4.46. The molecule has 5 rings (SSSR count). The van der Waals surface area contributed by atoms with E-state index >= 15 is 0 Å². The molecule has 0 amide bonds. The lowest BCUT2D eigenvalue weighted by atomic mass is 10.00. The number of anilines is 1. The van der Waals surface area contributed by atoms with Crippen molar-refractivity contribution < 1.29 is 8.42 Å². The van der Waals surface area contributed by atoms with Crippen LogP contribution in [0.4, 0.5) is 5.69 Å². The van der Waals surface area contributed by atoms with Gasteiger partial charge in [0.05, 0.1) is 26.2 Å². The Bertz CT molecular complexity index is 1630. The normalized spacial score (nSPS) is 14.2. The van der Waals surface area contributed by atoms with Crippen molar-refractivity contribution in [2.45, 2.75) is 17.9 Å². The summed E-state index contributed by atoms with van der Waals surface area (Å²) in [6.45, 7) is 2.29. The number of hydrogen-bond donors (Lipinski definition) is 2. The average molecular weight is 562 g/mol. The van der Waals surface area contributed by atoms with Gasteiger partial charge < -0.3 is 10.7 Å². The van der Waals surface area contributed by atoms with Crippen LogP contribution in [0, 0.1) is 5.41 Å². The fourth-order valence-electron chi connectivity index (χ4n) is 4.54. The van der Waals surface area contributed by atoms with Crippen LogP contribution < -0.4 is 5.32 Å². The Balaban J connectivity index is 1.42. The number of sulfone groups is 1. The number of fused-ring (bicyclic) bond motifs is 1. The summed E-state index contributed by atoms with van der Waals surface area (Å²) < 4.78 is 24.1. The molecule has 0 saturated heterocycles. The first-order chi connectivity index (χ1) is 18.3. The molecule has 0 saturated carbocycles. The lowest BCUT2D eigenvalue weighted by Gasteiger charge is -2.28. The van der Waals surface area contributed by atoms with Crippen molar-refractivity contribution in [3.05, 3.63) is 112 Å². The summed E-state index contributed by atoms with van der Waals surface area (Å²) in [5, 5.41) is 12.8. The number of benzene rings is 3. The quantitative estimate of drug-likeness (QED) is 0.227. The fourth-order valence-corrected chi connectivity index (χ4v) is 6.37. The molecule has 0 unspecified atom stereocenters. The van der Waals surface area contributed by atoms with Gasteiger partial charge in [0.25, 0.3) is 0 Å². The van der Waals surface area contributed by atoms with Gasteiger partial charge in [-0.2, -0.15) is 0 Å². The van der Waals surface area contributed by atoms with E-state index in [1.54, 1.807) is 18.2 Å². The first-order valence-corrected chi connectivity index (χ1v) is 15.4. The highest BCUT2D eigenvalue weighted by Crippen LogP contribution is 2.34. The third-order valence-corrected chi connectivity index (χ3v) is 9.09. The Kier molecular flexibility index (Phi) is 7.81. The number of rotatable bonds is 8. The first-order valence-electron chi connectivity index (χ1n) is 12.3. The van der Waals surface area contributed by atoms with Crippen LogP contribution in [-0.2, 0) is 22.8 Å². The molecule has 0 aliphatic carbocycles. The molecule has 5 nitrogen and oxygen atoms in total. The molecule has 0 spiro atoms. The highest BCUT2D eigenvalue weighted by Gasteiger charge is 2.18. The van der Waals surface area contributed by atoms with Crippen molar-refractivity contribution >= 4 is 49.9 Å². The fraction of sp³-hybridized carbons (Fsp3) is 0.167. The highest BCUT2D eigenvalue weighted by molar-refractivity contribution is 7.90. The van der Waals surface area contributed by atoms with E-state index in [-0.39, 0.29) is 0 Å². The zero-order valence-electron chi connectivity index (χ0n) is 20.9. The summed E-state index contributed by atoms with van der Waals surface area (Å²) >= 11 is 7.99. The third-order valence-electron chi connectivity index (χ3n) is 6.48. The predicted molar refractivity (Wildman–Crippen MR) is 159 cm³/mol. The largest absolute Gasteiger partial charge is 0.353 e. The zero-order chi connectivity index (χ0) is 26.7. The summed E-state index contributed by atoms with van der Waals surface area (Å²) in [6.07, 6.45) is 4.07. The van der Waals surface area contributed by atoms with Gasteiger partial charge in [0.15, 0.2) is 9.84 Å². The van der Waals surface area contributed by atoms with Crippen LogP contribution >= 0.6 is 22.9 Å². The molecule has 2 N–H and O–H groups in total. The van der Waals surface area contributed by atoms with Gasteiger partial charge in [0, 0.05) is 36.5 Å². The van der Waals surface area contributed by atoms with Crippen LogP contribution in [0.5, 0.6) is 0 Å². The number of hydrogen-bond acceptors (Lipinski definition) is 6. The summed E-state index contributed by atoms with van der Waals surface area (Å²) in [5.74, 6) is 0. The lowest BCUT2D eigenvalue weighted by Crippen LogP contribution is -2.34. The molecule has 4 aromatic rings. The number of nitrogens with one attached hydrogen (secondary N) is 2. The molecule has 1 aromatic heterocycles. The van der Waals surface area contributed by atoms with Gasteiger partial charge in [0.1, 0.15) is 0 Å². The van der Waals surface area contributed by atoms with Gasteiger partial charge in [-0.1, -0.05) is 60.1 Å². The number of thiophene rings is 1. The van der Waals surface area contributed by atoms with Crippen LogP contribution in [0.1, 0.15) is 16.0 Å². The van der Waals surface area contributed by atoms with Gasteiger partial charge >= 0.3 is 0 Å². The Morgan fingerprint density at radius 2 is 1.79 bits per heavy atom. The minimum atomic E-state index is -3.30. The standard InChI is InChI=1S/C30H28ClN3O2S2/c1-38(35,36)25-10-6-9-22(17-25)29-13-14-30(37-29)28(33-27-12-5-4-11-26(27)31)18-24(32)20-34-16-15-21-7-2-3-8-23(21)19-34/h2-14,17-18,32-33H,15-16,19-20H2,1H3/b28-18-,32-24?. The summed E-state index contributed by atoms with van der Waals surface area (Å²) in [7, 11) is -3.30. The molecule has 0 radical (unpaired) electrons. The molecule has 194 valence electrons. The van der Waals surface area contributed by atoms with Gasteiger partial charge in [-0.15, -0.1) is 11.3 Å². The minimum absolute atomic E-state index is 0.291. The van der Waals surface area contributed by atoms with Gasteiger partial charge in [-0.3, -0.25) is 4.90 Å². The van der Waals surface area contributed by atoms with Crippen molar-refractivity contribution in [3.63, 3.8) is 0 Å². The second-order valence-corrected chi connectivity index (χ2v) is 12.9. The molecule has 0 bridgehead atoms. The predicted octanol–water partition coefficient (Wildman–Crippen LogP) is 7.00. The highest BCUT2D eigenvalue weighted by atomic mass is 35.5. The molecule has 1 aliphatic rings. The van der Waals surface area contributed by atoms with E-state index in [2.05, 4.69) is 34.5 Å². The SMILES string of the molecule is CS(=O)(=O)c1cccc(-c2ccc(/C(=C/C(=N)CN3CCc4ccccc4C3)Nc3ccccc3Cl)s2)c1. The second-order valence-electron chi connectivity index (χ2n) is 9.38. The Labute approximate surface area is 232 Å². The smallest absolute Gasteiger partial charge is 0.175 e. The summed E-state index contributed by atoms with van der Waals surface area (Å²) in [6, 6.07) is 27.0. The lowest BCUT2D eigenvalue weighted by molar-refractivity contribution is 0.290. The number of halogens is 1. The maximum Gasteiger partial charge on any atom is 0.175 e. The molecule has 1 aliphatic heterocycles. The van der Waals surface area contributed by atoms with Gasteiger partial charge in [0.2, 0.25) is 0 Å². The third kappa shape index (κ3) is 6.25. The van der Waals surface area contributed by atoms with E-state index in [0.29, 0.717) is 22.2 Å². The van der Waals surface area contributed by atoms with Crippen molar-refractivity contribution in [1.29, 1.82) is 5.41 Å². The van der Waals surface area contributed by atoms with Crippen molar-refractivity contribution in [1.82, 2.24) is 4.90 Å². The monoisotopic (exact) mass is 561 g/mol. The first kappa shape index (κ1) is 26.4. The molecule has 38 heavy (non-hydrogen) atoms. The number of nitrogens with zero attached hydrogens (tertiary/aromatic N) is 1. The maximum atomic E-state index is 12.1. The summed E-state index contributed by atoms with van der Waals surface area (Å²) in [5.41, 5.74) is 5.57. The Morgan fingerprint density at radius 3 is 2.58 bits per heavy atom. The van der Waals surface area contributed by atoms with E-state index in [1.165, 1.54) is 28.7 Å². The van der Waals surface area contributed by atoms with Crippen LogP contribution in [0.25, 0.3) is 16.1 Å². The van der Waals surface area contributed by atoms with Crippen LogP contribution in [-0.4, -0.2) is 38.4 Å². The van der Waals surface area contributed by atoms with Crippen molar-refractivity contribution in [3.8, 4) is 10.4 Å². The molecular weight excluding hydrogens is 534 g/mol. The van der Waals surface area contributed by atoms with Crippen molar-refractivity contribution in [2.75, 3.05) is 24.7 Å².